The number of rotatable bonds is 8. The lowest BCUT2D eigenvalue weighted by Gasteiger charge is -2.19. The van der Waals surface area contributed by atoms with E-state index in [4.69, 9.17) is 10.8 Å². The van der Waals surface area contributed by atoms with Gasteiger partial charge in [0.2, 0.25) is 5.91 Å². The minimum absolute atomic E-state index is 0.0573. The largest absolute Gasteiger partial charge is 0.508 e. The van der Waals surface area contributed by atoms with Crippen LogP contribution in [0.5, 0.6) is 5.75 Å². The van der Waals surface area contributed by atoms with E-state index in [-0.39, 0.29) is 17.6 Å². The third-order valence-corrected chi connectivity index (χ3v) is 7.29. The number of aromatic hydroxyl groups is 1. The maximum absolute atomic E-state index is 13.1. The first-order valence-corrected chi connectivity index (χ1v) is 14.1. The van der Waals surface area contributed by atoms with E-state index in [2.05, 4.69) is 55.3 Å². The van der Waals surface area contributed by atoms with Crippen molar-refractivity contribution in [3.63, 3.8) is 0 Å². The molecule has 0 aliphatic rings. The van der Waals surface area contributed by atoms with Crippen molar-refractivity contribution < 1.29 is 14.7 Å². The number of phenolic OH excluding ortho intramolecular Hbond substituents is 1. The lowest BCUT2D eigenvalue weighted by atomic mass is 9.87. The fraction of sp³-hybridized carbons (Fsp3) is 0.200. The molecule has 5 aromatic rings. The summed E-state index contributed by atoms with van der Waals surface area (Å²) >= 11 is 0. The third-order valence-electron chi connectivity index (χ3n) is 7.29. The molecule has 1 atom stereocenters. The summed E-state index contributed by atoms with van der Waals surface area (Å²) in [4.78, 5) is 30.0. The normalized spacial score (nSPS) is 12.1. The maximum Gasteiger partial charge on any atom is 0.257 e. The molecule has 5 rings (SSSR count). The number of phenols is 1. The minimum Gasteiger partial charge on any atom is -0.508 e. The van der Waals surface area contributed by atoms with Crippen molar-refractivity contribution in [3.05, 3.63) is 126 Å². The smallest absolute Gasteiger partial charge is 0.257 e. The molecule has 2 heterocycles. The number of benzene rings is 3. The second-order valence-corrected chi connectivity index (χ2v) is 11.6. The first-order chi connectivity index (χ1) is 20.6. The summed E-state index contributed by atoms with van der Waals surface area (Å²) in [6.07, 6.45) is 3.69. The predicted molar refractivity (Wildman–Crippen MR) is 167 cm³/mol. The molecule has 0 fully saturated rings. The van der Waals surface area contributed by atoms with Crippen LogP contribution in [0.2, 0.25) is 0 Å². The Hall–Kier alpha value is -5.08. The van der Waals surface area contributed by atoms with Crippen LogP contribution in [0, 0.1) is 0 Å². The fourth-order valence-electron chi connectivity index (χ4n) is 4.79. The summed E-state index contributed by atoms with van der Waals surface area (Å²) in [7, 11) is 0. The van der Waals surface area contributed by atoms with E-state index in [1.54, 1.807) is 42.7 Å². The Labute approximate surface area is 251 Å². The number of carbonyl (C=O) groups is 2. The van der Waals surface area contributed by atoms with Gasteiger partial charge >= 0.3 is 0 Å². The summed E-state index contributed by atoms with van der Waals surface area (Å²) < 4.78 is 1.93. The summed E-state index contributed by atoms with van der Waals surface area (Å²) in [6, 6.07) is 27.0. The van der Waals surface area contributed by atoms with Gasteiger partial charge in [0.15, 0.2) is 0 Å². The zero-order valence-electron chi connectivity index (χ0n) is 24.5. The first-order valence-electron chi connectivity index (χ1n) is 14.1. The van der Waals surface area contributed by atoms with Crippen molar-refractivity contribution in [2.24, 2.45) is 5.73 Å². The second-order valence-electron chi connectivity index (χ2n) is 11.6. The van der Waals surface area contributed by atoms with Gasteiger partial charge in [-0.15, -0.1) is 0 Å². The molecule has 0 bridgehead atoms. The van der Waals surface area contributed by atoms with Crippen molar-refractivity contribution in [1.82, 2.24) is 20.1 Å². The van der Waals surface area contributed by atoms with Crippen molar-refractivity contribution in [2.45, 2.75) is 45.2 Å². The number of carbonyl (C=O) groups excluding carboxylic acids is 2. The Morgan fingerprint density at radius 1 is 0.884 bits per heavy atom. The molecule has 0 saturated carbocycles. The molecule has 0 spiro atoms. The van der Waals surface area contributed by atoms with Gasteiger partial charge in [-0.2, -0.15) is 5.10 Å². The number of imide groups is 1. The number of nitrogens with two attached hydrogens (primary N) is 1. The molecule has 4 N–H and O–H groups in total. The fourth-order valence-corrected chi connectivity index (χ4v) is 4.79. The van der Waals surface area contributed by atoms with Crippen molar-refractivity contribution in [2.75, 3.05) is 0 Å². The first kappa shape index (κ1) is 29.4. The van der Waals surface area contributed by atoms with Crippen LogP contribution in [0.25, 0.3) is 22.5 Å². The highest BCUT2D eigenvalue weighted by atomic mass is 16.3. The van der Waals surface area contributed by atoms with E-state index in [0.717, 1.165) is 33.6 Å². The molecule has 0 aliphatic carbocycles. The van der Waals surface area contributed by atoms with Crippen molar-refractivity contribution in [1.29, 1.82) is 0 Å². The Morgan fingerprint density at radius 2 is 1.56 bits per heavy atom. The van der Waals surface area contributed by atoms with Gasteiger partial charge in [-0.1, -0.05) is 69.3 Å². The Morgan fingerprint density at radius 3 is 2.23 bits per heavy atom. The summed E-state index contributed by atoms with van der Waals surface area (Å²) in [5, 5.41) is 16.8. The highest BCUT2D eigenvalue weighted by Crippen LogP contribution is 2.28. The molecular formula is C35H35N5O3. The monoisotopic (exact) mass is 573 g/mol. The van der Waals surface area contributed by atoms with Crippen molar-refractivity contribution >= 4 is 11.8 Å². The van der Waals surface area contributed by atoms with Crippen LogP contribution in [-0.4, -0.2) is 37.7 Å². The summed E-state index contributed by atoms with van der Waals surface area (Å²) in [5.74, 6) is -0.983. The molecule has 8 heteroatoms. The molecule has 2 aromatic heterocycles. The Balaban J connectivity index is 1.39. The van der Waals surface area contributed by atoms with Gasteiger partial charge in [0.05, 0.1) is 24.0 Å². The van der Waals surface area contributed by atoms with E-state index in [1.165, 1.54) is 17.7 Å². The molecule has 43 heavy (non-hydrogen) atoms. The molecule has 218 valence electrons. The second kappa shape index (κ2) is 12.4. The topological polar surface area (TPSA) is 123 Å². The predicted octanol–water partition coefficient (Wildman–Crippen LogP) is 5.49. The van der Waals surface area contributed by atoms with Crippen LogP contribution in [-0.2, 0) is 23.2 Å². The molecule has 0 aliphatic heterocycles. The summed E-state index contributed by atoms with van der Waals surface area (Å²) in [6.45, 7) is 7.10. The van der Waals surface area contributed by atoms with E-state index < -0.39 is 17.9 Å². The SMILES string of the molecule is CC(C)(C)c1ccc(Cn2nc(-c3ccncc3)cc2-c2cccc(C(=O)NC(=O)C(N)Cc3ccc(O)cc3)c2)cc1. The van der Waals surface area contributed by atoms with Gasteiger partial charge < -0.3 is 10.8 Å². The van der Waals surface area contributed by atoms with Crippen LogP contribution in [0.4, 0.5) is 0 Å². The minimum atomic E-state index is -0.925. The number of nitrogens with zero attached hydrogens (tertiary/aromatic N) is 3. The van der Waals surface area contributed by atoms with Gasteiger partial charge in [-0.05, 0) is 71.0 Å². The van der Waals surface area contributed by atoms with Crippen LogP contribution in [0.3, 0.4) is 0 Å². The lowest BCUT2D eigenvalue weighted by molar-refractivity contribution is -0.121. The Kier molecular flexibility index (Phi) is 8.50. The van der Waals surface area contributed by atoms with Crippen LogP contribution >= 0.6 is 0 Å². The molecule has 8 nitrogen and oxygen atoms in total. The third kappa shape index (κ3) is 7.23. The standard InChI is InChI=1S/C35H35N5O3/c1-35(2,3)28-11-7-24(8-12-28)22-40-32(21-31(39-40)25-15-17-37-18-16-25)26-5-4-6-27(20-26)33(42)38-34(43)30(36)19-23-9-13-29(41)14-10-23/h4-18,20-21,30,41H,19,22,36H2,1-3H3,(H,38,42,43). The highest BCUT2D eigenvalue weighted by Gasteiger charge is 2.20. The number of amides is 2. The number of hydrogen-bond donors (Lipinski definition) is 3. The molecule has 0 radical (unpaired) electrons. The number of nitrogens with one attached hydrogen (secondary N) is 1. The van der Waals surface area contributed by atoms with Gasteiger partial charge in [-0.25, -0.2) is 0 Å². The average molecular weight is 574 g/mol. The van der Waals surface area contributed by atoms with E-state index in [1.807, 2.05) is 28.9 Å². The lowest BCUT2D eigenvalue weighted by Crippen LogP contribution is -2.44. The zero-order valence-corrected chi connectivity index (χ0v) is 24.5. The quantitative estimate of drug-likeness (QED) is 0.226. The maximum atomic E-state index is 13.1. The average Bonchev–Trinajstić information content (AvgIpc) is 3.42. The van der Waals surface area contributed by atoms with E-state index in [9.17, 15) is 14.7 Å². The molecule has 1 unspecified atom stereocenters. The highest BCUT2D eigenvalue weighted by molar-refractivity contribution is 6.06. The van der Waals surface area contributed by atoms with E-state index >= 15 is 0 Å². The summed E-state index contributed by atoms with van der Waals surface area (Å²) in [5.41, 5.74) is 12.9. The van der Waals surface area contributed by atoms with Crippen LogP contribution in [0.1, 0.15) is 47.8 Å². The van der Waals surface area contributed by atoms with Gasteiger partial charge in [-0.3, -0.25) is 24.6 Å². The van der Waals surface area contributed by atoms with Gasteiger partial charge in [0.1, 0.15) is 5.75 Å². The Bertz CT molecular complexity index is 1720. The van der Waals surface area contributed by atoms with Crippen molar-refractivity contribution in [3.8, 4) is 28.3 Å². The number of pyridine rings is 1. The molecule has 3 aromatic carbocycles. The van der Waals surface area contributed by atoms with Crippen LogP contribution < -0.4 is 11.1 Å². The molecular weight excluding hydrogens is 538 g/mol. The number of aromatic nitrogens is 3. The molecule has 2 amide bonds. The number of hydrogen-bond acceptors (Lipinski definition) is 6. The van der Waals surface area contributed by atoms with E-state index in [0.29, 0.717) is 12.1 Å². The zero-order chi connectivity index (χ0) is 30.6. The van der Waals surface area contributed by atoms with Gasteiger partial charge in [0, 0.05) is 29.1 Å². The van der Waals surface area contributed by atoms with Gasteiger partial charge in [0.25, 0.3) is 5.91 Å². The van der Waals surface area contributed by atoms with Crippen LogP contribution in [0.15, 0.2) is 103 Å². The molecule has 0 saturated heterocycles.